The molecule has 1 fully saturated rings. The van der Waals surface area contributed by atoms with E-state index < -0.39 is 18.3 Å². The van der Waals surface area contributed by atoms with Crippen LogP contribution in [0.5, 0.6) is 11.5 Å². The molecule has 0 atom stereocenters. The van der Waals surface area contributed by atoms with Gasteiger partial charge in [0.25, 0.3) is 0 Å². The maximum Gasteiger partial charge on any atom is 0.492 e. The van der Waals surface area contributed by atoms with Crippen LogP contribution in [-0.4, -0.2) is 40.2 Å². The minimum Gasteiger partial charge on any atom is -0.504 e. The Balaban J connectivity index is 2.28. The molecule has 0 aliphatic carbocycles. The third kappa shape index (κ3) is 3.07. The van der Waals surface area contributed by atoms with E-state index in [2.05, 4.69) is 0 Å². The molecule has 3 N–H and O–H groups in total. The van der Waals surface area contributed by atoms with E-state index in [1.165, 1.54) is 12.1 Å². The van der Waals surface area contributed by atoms with Crippen molar-refractivity contribution in [2.45, 2.75) is 38.9 Å². The third-order valence-electron chi connectivity index (χ3n) is 4.09. The fraction of sp³-hybridized carbons (Fsp3) is 0.467. The fourth-order valence-corrected chi connectivity index (χ4v) is 2.03. The van der Waals surface area contributed by atoms with Crippen molar-refractivity contribution in [3.63, 3.8) is 0 Å². The Morgan fingerprint density at radius 1 is 1.10 bits per heavy atom. The average molecular weight is 292 g/mol. The van der Waals surface area contributed by atoms with Gasteiger partial charge in [0.1, 0.15) is 0 Å². The van der Waals surface area contributed by atoms with E-state index in [1.807, 2.05) is 27.7 Å². The highest BCUT2D eigenvalue weighted by atomic mass is 16.7. The van der Waals surface area contributed by atoms with Crippen molar-refractivity contribution in [1.29, 1.82) is 0 Å². The second-order valence-corrected chi connectivity index (χ2v) is 6.21. The van der Waals surface area contributed by atoms with Crippen molar-refractivity contribution in [1.82, 2.24) is 0 Å². The maximum atomic E-state index is 9.57. The SMILES string of the molecule is CC1(C)OB(C(=Cc2ccc(O)c(O)c2)CO)OC1(C)C. The van der Waals surface area contributed by atoms with Crippen LogP contribution in [0.3, 0.4) is 0 Å². The molecule has 0 spiro atoms. The van der Waals surface area contributed by atoms with E-state index in [4.69, 9.17) is 9.31 Å². The summed E-state index contributed by atoms with van der Waals surface area (Å²) in [4.78, 5) is 0. The molecule has 5 nitrogen and oxygen atoms in total. The van der Waals surface area contributed by atoms with Crippen LogP contribution in [0.25, 0.3) is 6.08 Å². The molecule has 0 amide bonds. The molecule has 1 aliphatic heterocycles. The zero-order chi connectivity index (χ0) is 15.8. The predicted molar refractivity (Wildman–Crippen MR) is 80.9 cm³/mol. The first-order chi connectivity index (χ1) is 9.66. The van der Waals surface area contributed by atoms with Gasteiger partial charge in [0.05, 0.1) is 17.8 Å². The lowest BCUT2D eigenvalue weighted by Gasteiger charge is -2.32. The summed E-state index contributed by atoms with van der Waals surface area (Å²) < 4.78 is 11.8. The molecular weight excluding hydrogens is 271 g/mol. The molecule has 1 aromatic carbocycles. The Kier molecular flexibility index (Phi) is 4.06. The van der Waals surface area contributed by atoms with Gasteiger partial charge < -0.3 is 24.6 Å². The molecule has 0 bridgehead atoms. The molecule has 0 saturated carbocycles. The van der Waals surface area contributed by atoms with Crippen LogP contribution in [0, 0.1) is 0 Å². The molecular formula is C15H21BO5. The van der Waals surface area contributed by atoms with Gasteiger partial charge in [0.2, 0.25) is 0 Å². The first-order valence-corrected chi connectivity index (χ1v) is 6.85. The van der Waals surface area contributed by atoms with Crippen LogP contribution in [0.4, 0.5) is 0 Å². The first-order valence-electron chi connectivity index (χ1n) is 6.85. The van der Waals surface area contributed by atoms with Crippen molar-refractivity contribution in [2.24, 2.45) is 0 Å². The summed E-state index contributed by atoms with van der Waals surface area (Å²) in [5, 5.41) is 28.4. The second-order valence-electron chi connectivity index (χ2n) is 6.21. The summed E-state index contributed by atoms with van der Waals surface area (Å²) in [5.74, 6) is -0.400. The van der Waals surface area contributed by atoms with Gasteiger partial charge in [-0.1, -0.05) is 12.1 Å². The molecule has 1 aliphatic rings. The number of hydrogen-bond acceptors (Lipinski definition) is 5. The molecule has 0 aromatic heterocycles. The van der Waals surface area contributed by atoms with Gasteiger partial charge in [0.15, 0.2) is 11.5 Å². The number of benzene rings is 1. The fourth-order valence-electron chi connectivity index (χ4n) is 2.03. The van der Waals surface area contributed by atoms with Gasteiger partial charge in [-0.2, -0.15) is 0 Å². The van der Waals surface area contributed by atoms with Crippen LogP contribution in [0.1, 0.15) is 33.3 Å². The summed E-state index contributed by atoms with van der Waals surface area (Å²) in [5.41, 5.74) is 0.231. The van der Waals surface area contributed by atoms with Gasteiger partial charge in [-0.05, 0) is 50.9 Å². The zero-order valence-corrected chi connectivity index (χ0v) is 12.8. The Labute approximate surface area is 125 Å². The summed E-state index contributed by atoms with van der Waals surface area (Å²) in [6, 6.07) is 4.44. The highest BCUT2D eigenvalue weighted by Crippen LogP contribution is 2.39. The van der Waals surface area contributed by atoms with Crippen LogP contribution in [-0.2, 0) is 9.31 Å². The maximum absolute atomic E-state index is 9.57. The van der Waals surface area contributed by atoms with Crippen LogP contribution >= 0.6 is 0 Å². The van der Waals surface area contributed by atoms with E-state index in [1.54, 1.807) is 12.1 Å². The smallest absolute Gasteiger partial charge is 0.492 e. The van der Waals surface area contributed by atoms with Crippen molar-refractivity contribution < 1.29 is 24.6 Å². The largest absolute Gasteiger partial charge is 0.504 e. The molecule has 0 unspecified atom stereocenters. The Morgan fingerprint density at radius 2 is 1.67 bits per heavy atom. The predicted octanol–water partition coefficient (Wildman–Crippen LogP) is 2.10. The monoisotopic (exact) mass is 292 g/mol. The first kappa shape index (κ1) is 15.9. The molecule has 2 rings (SSSR count). The van der Waals surface area contributed by atoms with Crippen molar-refractivity contribution in [3.8, 4) is 11.5 Å². The molecule has 21 heavy (non-hydrogen) atoms. The zero-order valence-electron chi connectivity index (χ0n) is 12.8. The second kappa shape index (κ2) is 5.37. The molecule has 6 heteroatoms. The number of phenols is 2. The number of hydrogen-bond donors (Lipinski definition) is 3. The summed E-state index contributed by atoms with van der Waals surface area (Å²) in [6.07, 6.45) is 1.68. The van der Waals surface area contributed by atoms with Gasteiger partial charge in [-0.25, -0.2) is 0 Å². The lowest BCUT2D eigenvalue weighted by Crippen LogP contribution is -2.41. The summed E-state index contributed by atoms with van der Waals surface area (Å²) in [6.45, 7) is 7.53. The van der Waals surface area contributed by atoms with Crippen molar-refractivity contribution in [3.05, 3.63) is 29.2 Å². The summed E-state index contributed by atoms with van der Waals surface area (Å²) >= 11 is 0. The molecule has 1 heterocycles. The van der Waals surface area contributed by atoms with Crippen LogP contribution in [0.2, 0.25) is 0 Å². The highest BCUT2D eigenvalue weighted by molar-refractivity contribution is 6.55. The standard InChI is InChI=1S/C15H21BO5/c1-14(2)15(3,4)21-16(20-14)11(9-17)7-10-5-6-12(18)13(19)8-10/h5-8,17-19H,9H2,1-4H3. The Hall–Kier alpha value is -1.50. The Morgan fingerprint density at radius 3 is 2.14 bits per heavy atom. The highest BCUT2D eigenvalue weighted by Gasteiger charge is 2.52. The number of aromatic hydroxyl groups is 2. The average Bonchev–Trinajstić information content (AvgIpc) is 2.59. The lowest BCUT2D eigenvalue weighted by atomic mass is 9.77. The Bertz CT molecular complexity index is 549. The number of aliphatic hydroxyl groups is 1. The third-order valence-corrected chi connectivity index (χ3v) is 4.09. The van der Waals surface area contributed by atoms with Gasteiger partial charge in [-0.15, -0.1) is 0 Å². The van der Waals surface area contributed by atoms with E-state index in [0.717, 1.165) is 0 Å². The number of rotatable bonds is 3. The number of aliphatic hydroxyl groups excluding tert-OH is 1. The quantitative estimate of drug-likeness (QED) is 0.587. The van der Waals surface area contributed by atoms with E-state index in [9.17, 15) is 15.3 Å². The normalized spacial score (nSPS) is 20.8. The minimum absolute atomic E-state index is 0.187. The van der Waals surface area contributed by atoms with E-state index >= 15 is 0 Å². The van der Waals surface area contributed by atoms with Crippen LogP contribution in [0.15, 0.2) is 23.7 Å². The topological polar surface area (TPSA) is 79.2 Å². The number of phenolic OH excluding ortho intramolecular Hbond substituents is 2. The van der Waals surface area contributed by atoms with Crippen molar-refractivity contribution >= 4 is 13.2 Å². The van der Waals surface area contributed by atoms with Gasteiger partial charge >= 0.3 is 7.12 Å². The van der Waals surface area contributed by atoms with Crippen LogP contribution < -0.4 is 0 Å². The molecule has 1 aromatic rings. The van der Waals surface area contributed by atoms with E-state index in [-0.39, 0.29) is 18.1 Å². The van der Waals surface area contributed by atoms with Gasteiger partial charge in [0, 0.05) is 0 Å². The molecule has 1 saturated heterocycles. The van der Waals surface area contributed by atoms with E-state index in [0.29, 0.717) is 11.0 Å². The van der Waals surface area contributed by atoms with Gasteiger partial charge in [-0.3, -0.25) is 0 Å². The lowest BCUT2D eigenvalue weighted by molar-refractivity contribution is 0.00578. The molecule has 114 valence electrons. The minimum atomic E-state index is -0.643. The summed E-state index contributed by atoms with van der Waals surface area (Å²) in [7, 11) is -0.643. The van der Waals surface area contributed by atoms with Crippen molar-refractivity contribution in [2.75, 3.05) is 6.61 Å². The molecule has 0 radical (unpaired) electrons.